The summed E-state index contributed by atoms with van der Waals surface area (Å²) in [7, 11) is 0. The third-order valence-electron chi connectivity index (χ3n) is 4.67. The van der Waals surface area contributed by atoms with Crippen molar-refractivity contribution in [3.63, 3.8) is 0 Å². The zero-order valence-electron chi connectivity index (χ0n) is 13.2. The van der Waals surface area contributed by atoms with Crippen LogP contribution in [0.25, 0.3) is 0 Å². The van der Waals surface area contributed by atoms with Gasteiger partial charge in [0.2, 0.25) is 11.8 Å². The van der Waals surface area contributed by atoms with Crippen molar-refractivity contribution in [3.8, 4) is 0 Å². The molecule has 120 valence electrons. The van der Waals surface area contributed by atoms with Crippen molar-refractivity contribution >= 4 is 11.8 Å². The second kappa shape index (κ2) is 7.25. The highest BCUT2D eigenvalue weighted by molar-refractivity contribution is 5.88. The lowest BCUT2D eigenvalue weighted by Gasteiger charge is -2.31. The van der Waals surface area contributed by atoms with Crippen LogP contribution in [0, 0.1) is 11.8 Å². The molecule has 0 aromatic rings. The molecule has 1 saturated carbocycles. The van der Waals surface area contributed by atoms with Gasteiger partial charge in [0.25, 0.3) is 0 Å². The van der Waals surface area contributed by atoms with Gasteiger partial charge in [-0.25, -0.2) is 0 Å². The standard InChI is InChI=1S/C16H28N2O3/c1-11(2)15(18-8-4-7-14(18)20)16(21)17-10-12-5-3-6-13(19)9-12/h11-13,15,19H,3-10H2,1-2H3,(H,17,21). The number of aliphatic hydroxyl groups excluding tert-OH is 1. The van der Waals surface area contributed by atoms with Crippen LogP contribution in [0.3, 0.4) is 0 Å². The van der Waals surface area contributed by atoms with Crippen molar-refractivity contribution in [1.82, 2.24) is 10.2 Å². The Hall–Kier alpha value is -1.10. The number of hydrogen-bond acceptors (Lipinski definition) is 3. The summed E-state index contributed by atoms with van der Waals surface area (Å²) in [4.78, 5) is 26.1. The highest BCUT2D eigenvalue weighted by Gasteiger charge is 2.35. The van der Waals surface area contributed by atoms with E-state index in [9.17, 15) is 14.7 Å². The first-order valence-electron chi connectivity index (χ1n) is 8.24. The molecule has 1 aliphatic carbocycles. The Morgan fingerprint density at radius 2 is 2.14 bits per heavy atom. The maximum atomic E-state index is 12.5. The lowest BCUT2D eigenvalue weighted by molar-refractivity contribution is -0.139. The van der Waals surface area contributed by atoms with E-state index in [4.69, 9.17) is 0 Å². The molecule has 0 aromatic heterocycles. The van der Waals surface area contributed by atoms with Gasteiger partial charge in [0.15, 0.2) is 0 Å². The quantitative estimate of drug-likeness (QED) is 0.803. The molecule has 1 aliphatic heterocycles. The summed E-state index contributed by atoms with van der Waals surface area (Å²) in [6.07, 6.45) is 4.93. The second-order valence-corrected chi connectivity index (χ2v) is 6.81. The Balaban J connectivity index is 1.88. The van der Waals surface area contributed by atoms with E-state index in [1.165, 1.54) is 0 Å². The highest BCUT2D eigenvalue weighted by atomic mass is 16.3. The maximum Gasteiger partial charge on any atom is 0.243 e. The third kappa shape index (κ3) is 4.19. The van der Waals surface area contributed by atoms with E-state index in [-0.39, 0.29) is 29.9 Å². The molecule has 2 aliphatic rings. The Morgan fingerprint density at radius 1 is 1.38 bits per heavy atom. The van der Waals surface area contributed by atoms with Crippen molar-refractivity contribution in [1.29, 1.82) is 0 Å². The monoisotopic (exact) mass is 296 g/mol. The molecule has 0 bridgehead atoms. The largest absolute Gasteiger partial charge is 0.393 e. The van der Waals surface area contributed by atoms with Gasteiger partial charge in [0.05, 0.1) is 6.10 Å². The van der Waals surface area contributed by atoms with Crippen LogP contribution in [0.5, 0.6) is 0 Å². The first-order chi connectivity index (χ1) is 9.99. The van der Waals surface area contributed by atoms with Gasteiger partial charge in [0.1, 0.15) is 6.04 Å². The van der Waals surface area contributed by atoms with Gasteiger partial charge in [-0.1, -0.05) is 20.3 Å². The molecule has 0 spiro atoms. The zero-order valence-corrected chi connectivity index (χ0v) is 13.2. The predicted molar refractivity (Wildman–Crippen MR) is 80.5 cm³/mol. The molecule has 5 heteroatoms. The number of rotatable bonds is 5. The first-order valence-corrected chi connectivity index (χ1v) is 8.24. The minimum absolute atomic E-state index is 0.0414. The molecule has 2 amide bonds. The van der Waals surface area contributed by atoms with E-state index >= 15 is 0 Å². The molecule has 2 rings (SSSR count). The molecule has 0 aromatic carbocycles. The van der Waals surface area contributed by atoms with E-state index in [1.54, 1.807) is 4.90 Å². The fraction of sp³-hybridized carbons (Fsp3) is 0.875. The van der Waals surface area contributed by atoms with Crippen LogP contribution in [0.15, 0.2) is 0 Å². The summed E-state index contributed by atoms with van der Waals surface area (Å²) in [6.45, 7) is 5.28. The fourth-order valence-corrected chi connectivity index (χ4v) is 3.56. The van der Waals surface area contributed by atoms with Crippen molar-refractivity contribution in [2.45, 2.75) is 64.5 Å². The van der Waals surface area contributed by atoms with Crippen molar-refractivity contribution in [3.05, 3.63) is 0 Å². The van der Waals surface area contributed by atoms with Crippen LogP contribution < -0.4 is 5.32 Å². The zero-order chi connectivity index (χ0) is 15.4. The summed E-state index contributed by atoms with van der Waals surface area (Å²) >= 11 is 0. The maximum absolute atomic E-state index is 12.5. The van der Waals surface area contributed by atoms with Gasteiger partial charge in [-0.05, 0) is 37.5 Å². The second-order valence-electron chi connectivity index (χ2n) is 6.81. The summed E-state index contributed by atoms with van der Waals surface area (Å²) in [5.41, 5.74) is 0. The van der Waals surface area contributed by atoms with E-state index < -0.39 is 0 Å². The first kappa shape index (κ1) is 16.3. The van der Waals surface area contributed by atoms with Crippen LogP contribution >= 0.6 is 0 Å². The summed E-state index contributed by atoms with van der Waals surface area (Å²) in [5.74, 6) is 0.529. The van der Waals surface area contributed by atoms with Gasteiger partial charge in [0, 0.05) is 19.5 Å². The Morgan fingerprint density at radius 3 is 2.71 bits per heavy atom. The molecule has 1 heterocycles. The highest BCUT2D eigenvalue weighted by Crippen LogP contribution is 2.24. The lowest BCUT2D eigenvalue weighted by Crippen LogP contribution is -2.51. The number of hydrogen-bond donors (Lipinski definition) is 2. The number of carbonyl (C=O) groups is 2. The molecule has 2 N–H and O–H groups in total. The van der Waals surface area contributed by atoms with E-state index in [2.05, 4.69) is 5.32 Å². The number of nitrogens with one attached hydrogen (secondary N) is 1. The number of amides is 2. The molecule has 5 nitrogen and oxygen atoms in total. The number of aliphatic hydroxyl groups is 1. The van der Waals surface area contributed by atoms with E-state index in [1.807, 2.05) is 13.8 Å². The predicted octanol–water partition coefficient (Wildman–Crippen LogP) is 1.30. The molecular formula is C16H28N2O3. The Bertz CT molecular complexity index is 384. The smallest absolute Gasteiger partial charge is 0.243 e. The number of carbonyl (C=O) groups excluding carboxylic acids is 2. The van der Waals surface area contributed by atoms with Crippen LogP contribution in [0.2, 0.25) is 0 Å². The van der Waals surface area contributed by atoms with Gasteiger partial charge < -0.3 is 15.3 Å². The van der Waals surface area contributed by atoms with E-state index in [0.29, 0.717) is 25.4 Å². The minimum atomic E-state index is -0.353. The average Bonchev–Trinajstić information content (AvgIpc) is 2.83. The summed E-state index contributed by atoms with van der Waals surface area (Å²) in [5, 5.41) is 12.7. The fourth-order valence-electron chi connectivity index (χ4n) is 3.56. The van der Waals surface area contributed by atoms with Crippen LogP contribution in [0.1, 0.15) is 52.4 Å². The molecular weight excluding hydrogens is 268 g/mol. The molecule has 21 heavy (non-hydrogen) atoms. The Labute approximate surface area is 127 Å². The van der Waals surface area contributed by atoms with Gasteiger partial charge >= 0.3 is 0 Å². The topological polar surface area (TPSA) is 69.6 Å². The number of likely N-dealkylation sites (tertiary alicyclic amines) is 1. The Kier molecular flexibility index (Phi) is 5.62. The molecule has 3 unspecified atom stereocenters. The van der Waals surface area contributed by atoms with Crippen molar-refractivity contribution < 1.29 is 14.7 Å². The van der Waals surface area contributed by atoms with Crippen LogP contribution in [0.4, 0.5) is 0 Å². The summed E-state index contributed by atoms with van der Waals surface area (Å²) in [6, 6.07) is -0.353. The summed E-state index contributed by atoms with van der Waals surface area (Å²) < 4.78 is 0. The van der Waals surface area contributed by atoms with E-state index in [0.717, 1.165) is 32.1 Å². The number of nitrogens with zero attached hydrogens (tertiary/aromatic N) is 1. The molecule has 2 fully saturated rings. The van der Waals surface area contributed by atoms with Crippen molar-refractivity contribution in [2.24, 2.45) is 11.8 Å². The average molecular weight is 296 g/mol. The SMILES string of the molecule is CC(C)C(C(=O)NCC1CCCC(O)C1)N1CCCC1=O. The minimum Gasteiger partial charge on any atom is -0.393 e. The normalized spacial score (nSPS) is 28.0. The van der Waals surface area contributed by atoms with Crippen molar-refractivity contribution in [2.75, 3.05) is 13.1 Å². The van der Waals surface area contributed by atoms with Gasteiger partial charge in [-0.15, -0.1) is 0 Å². The molecule has 3 atom stereocenters. The van der Waals surface area contributed by atoms with Gasteiger partial charge in [-0.2, -0.15) is 0 Å². The van der Waals surface area contributed by atoms with Crippen LogP contribution in [-0.2, 0) is 9.59 Å². The third-order valence-corrected chi connectivity index (χ3v) is 4.67. The lowest BCUT2D eigenvalue weighted by atomic mass is 9.87. The van der Waals surface area contributed by atoms with Crippen LogP contribution in [-0.4, -0.2) is 47.1 Å². The molecule has 0 radical (unpaired) electrons. The molecule has 1 saturated heterocycles. The van der Waals surface area contributed by atoms with Gasteiger partial charge in [-0.3, -0.25) is 9.59 Å².